The van der Waals surface area contributed by atoms with Gasteiger partial charge in [-0.3, -0.25) is 19.4 Å². The maximum absolute atomic E-state index is 12.8. The number of hydrogen-bond donors (Lipinski definition) is 0. The number of nitrogens with zero attached hydrogens (tertiary/aromatic N) is 2. The molecule has 0 fully saturated rings. The Morgan fingerprint density at radius 2 is 1.37 bits per heavy atom. The molecule has 1 unspecified atom stereocenters. The van der Waals surface area contributed by atoms with Crippen LogP contribution in [0.2, 0.25) is 0 Å². The van der Waals surface area contributed by atoms with E-state index in [2.05, 4.69) is 0 Å². The molecule has 0 saturated carbocycles. The third kappa shape index (κ3) is 13.8. The molecular weight excluding hydrogens is 496 g/mol. The highest BCUT2D eigenvalue weighted by molar-refractivity contribution is 5.79. The summed E-state index contributed by atoms with van der Waals surface area (Å²) in [7, 11) is 1.48. The van der Waals surface area contributed by atoms with Crippen molar-refractivity contribution in [1.82, 2.24) is 9.80 Å². The molecular formula is C27H42N2O9. The zero-order valence-corrected chi connectivity index (χ0v) is 23.8. The first-order chi connectivity index (χ1) is 17.6. The summed E-state index contributed by atoms with van der Waals surface area (Å²) in [6, 6.07) is 8.40. The van der Waals surface area contributed by atoms with Gasteiger partial charge in [-0.25, -0.2) is 9.59 Å². The highest BCUT2D eigenvalue weighted by Crippen LogP contribution is 2.14. The summed E-state index contributed by atoms with van der Waals surface area (Å²) in [5.41, 5.74) is -0.756. The Kier molecular flexibility index (Phi) is 13.0. The lowest BCUT2D eigenvalue weighted by atomic mass is 10.2. The number of carbonyl (C=O) groups is 4. The molecule has 0 radical (unpaired) electrons. The molecule has 0 bridgehead atoms. The van der Waals surface area contributed by atoms with Crippen molar-refractivity contribution in [2.45, 2.75) is 72.3 Å². The van der Waals surface area contributed by atoms with Gasteiger partial charge in [-0.15, -0.1) is 0 Å². The Hall–Kier alpha value is -3.34. The molecule has 11 nitrogen and oxygen atoms in total. The van der Waals surface area contributed by atoms with Crippen molar-refractivity contribution in [2.75, 3.05) is 40.0 Å². The average molecular weight is 539 g/mol. The van der Waals surface area contributed by atoms with Crippen LogP contribution in [0.25, 0.3) is 0 Å². The lowest BCUT2D eigenvalue weighted by Gasteiger charge is -2.31. The summed E-state index contributed by atoms with van der Waals surface area (Å²) in [4.78, 5) is 52.7. The standard InChI is InChI=1S/C27H42N2O9/c1-20(18-35-22(30)16-28(14-15-34-8)24(32)37-26(2,3)4)29(25(33)38-27(5,6)7)17-23(31)36-19-21-12-10-9-11-13-21/h9-13,20H,14-19H2,1-8H3. The van der Waals surface area contributed by atoms with Crippen LogP contribution in [0.1, 0.15) is 54.0 Å². The molecule has 38 heavy (non-hydrogen) atoms. The Balaban J connectivity index is 2.81. The number of amides is 2. The number of ether oxygens (including phenoxy) is 5. The van der Waals surface area contributed by atoms with E-state index in [0.717, 1.165) is 10.5 Å². The maximum Gasteiger partial charge on any atom is 0.411 e. The van der Waals surface area contributed by atoms with Crippen LogP contribution in [0.5, 0.6) is 0 Å². The van der Waals surface area contributed by atoms with E-state index in [4.69, 9.17) is 23.7 Å². The van der Waals surface area contributed by atoms with Gasteiger partial charge in [0.25, 0.3) is 0 Å². The highest BCUT2D eigenvalue weighted by atomic mass is 16.6. The molecule has 0 aliphatic rings. The van der Waals surface area contributed by atoms with Gasteiger partial charge >= 0.3 is 24.1 Å². The summed E-state index contributed by atoms with van der Waals surface area (Å²) in [6.07, 6.45) is -1.44. The topological polar surface area (TPSA) is 121 Å². The summed E-state index contributed by atoms with van der Waals surface area (Å²) in [5.74, 6) is -1.36. The van der Waals surface area contributed by atoms with Crippen LogP contribution in [0, 0.1) is 0 Å². The van der Waals surface area contributed by atoms with Gasteiger partial charge in [-0.05, 0) is 54.0 Å². The summed E-state index contributed by atoms with van der Waals surface area (Å²) in [5, 5.41) is 0. The number of benzene rings is 1. The minimum Gasteiger partial charge on any atom is -0.462 e. The Bertz CT molecular complexity index is 907. The third-order valence-corrected chi connectivity index (χ3v) is 4.72. The van der Waals surface area contributed by atoms with Gasteiger partial charge in [0.05, 0.1) is 12.6 Å². The number of rotatable bonds is 12. The first-order valence-electron chi connectivity index (χ1n) is 12.4. The predicted molar refractivity (Wildman–Crippen MR) is 139 cm³/mol. The predicted octanol–water partition coefficient (Wildman–Crippen LogP) is 3.78. The van der Waals surface area contributed by atoms with E-state index < -0.39 is 47.9 Å². The fourth-order valence-electron chi connectivity index (χ4n) is 2.91. The molecule has 0 N–H and O–H groups in total. The Morgan fingerprint density at radius 3 is 1.92 bits per heavy atom. The van der Waals surface area contributed by atoms with Crippen LogP contribution in [0.15, 0.2) is 30.3 Å². The van der Waals surface area contributed by atoms with Crippen LogP contribution in [-0.4, -0.2) is 91.1 Å². The number of methoxy groups -OCH3 is 1. The molecule has 0 heterocycles. The minimum absolute atomic E-state index is 0.0488. The van der Waals surface area contributed by atoms with Crippen LogP contribution >= 0.6 is 0 Å². The van der Waals surface area contributed by atoms with Crippen molar-refractivity contribution < 1.29 is 42.9 Å². The molecule has 1 aromatic rings. The van der Waals surface area contributed by atoms with E-state index in [0.29, 0.717) is 0 Å². The molecule has 11 heteroatoms. The number of carbonyl (C=O) groups excluding carboxylic acids is 4. The minimum atomic E-state index is -0.811. The highest BCUT2D eigenvalue weighted by Gasteiger charge is 2.30. The van der Waals surface area contributed by atoms with E-state index >= 15 is 0 Å². The van der Waals surface area contributed by atoms with Crippen molar-refractivity contribution in [1.29, 1.82) is 0 Å². The van der Waals surface area contributed by atoms with E-state index in [1.807, 2.05) is 30.3 Å². The van der Waals surface area contributed by atoms with Crippen LogP contribution in [0.3, 0.4) is 0 Å². The van der Waals surface area contributed by atoms with Crippen molar-refractivity contribution in [3.8, 4) is 0 Å². The summed E-state index contributed by atoms with van der Waals surface area (Å²) < 4.78 is 26.4. The van der Waals surface area contributed by atoms with Crippen LogP contribution in [-0.2, 0) is 39.9 Å². The summed E-state index contributed by atoms with van der Waals surface area (Å²) >= 11 is 0. The second-order valence-electron chi connectivity index (χ2n) is 10.7. The average Bonchev–Trinajstić information content (AvgIpc) is 2.80. The third-order valence-electron chi connectivity index (χ3n) is 4.72. The molecule has 0 aliphatic heterocycles. The van der Waals surface area contributed by atoms with Crippen molar-refractivity contribution >= 4 is 24.1 Å². The number of hydrogen-bond acceptors (Lipinski definition) is 9. The lowest BCUT2D eigenvalue weighted by Crippen LogP contribution is -2.47. The van der Waals surface area contributed by atoms with Gasteiger partial charge in [-0.1, -0.05) is 30.3 Å². The smallest absolute Gasteiger partial charge is 0.411 e. The Morgan fingerprint density at radius 1 is 0.816 bits per heavy atom. The quantitative estimate of drug-likeness (QED) is 0.289. The van der Waals surface area contributed by atoms with Crippen molar-refractivity contribution in [3.05, 3.63) is 35.9 Å². The van der Waals surface area contributed by atoms with Gasteiger partial charge in [-0.2, -0.15) is 0 Å². The molecule has 1 aromatic carbocycles. The fraction of sp³-hybridized carbons (Fsp3) is 0.630. The zero-order valence-electron chi connectivity index (χ0n) is 23.8. The molecule has 1 rings (SSSR count). The normalized spacial score (nSPS) is 12.2. The maximum atomic E-state index is 12.8. The molecule has 0 spiro atoms. The molecule has 214 valence electrons. The second kappa shape index (κ2) is 15.2. The Labute approximate surface area is 225 Å². The van der Waals surface area contributed by atoms with Crippen molar-refractivity contribution in [3.63, 3.8) is 0 Å². The van der Waals surface area contributed by atoms with Crippen molar-refractivity contribution in [2.24, 2.45) is 0 Å². The molecule has 0 aliphatic carbocycles. The van der Waals surface area contributed by atoms with Gasteiger partial charge in [0.15, 0.2) is 0 Å². The first-order valence-corrected chi connectivity index (χ1v) is 12.4. The molecule has 0 aromatic heterocycles. The monoisotopic (exact) mass is 538 g/mol. The van der Waals surface area contributed by atoms with Gasteiger partial charge in [0.2, 0.25) is 0 Å². The van der Waals surface area contributed by atoms with Gasteiger partial charge in [0, 0.05) is 13.7 Å². The van der Waals surface area contributed by atoms with Crippen LogP contribution < -0.4 is 0 Å². The van der Waals surface area contributed by atoms with E-state index in [9.17, 15) is 19.2 Å². The summed E-state index contributed by atoms with van der Waals surface area (Å²) in [6.45, 7) is 11.2. The van der Waals surface area contributed by atoms with E-state index in [1.165, 1.54) is 12.0 Å². The lowest BCUT2D eigenvalue weighted by molar-refractivity contribution is -0.149. The SMILES string of the molecule is COCCN(CC(=O)OCC(C)N(CC(=O)OCc1ccccc1)C(=O)OC(C)(C)C)C(=O)OC(C)(C)C. The van der Waals surface area contributed by atoms with E-state index in [-0.39, 0.29) is 32.9 Å². The largest absolute Gasteiger partial charge is 0.462 e. The fourth-order valence-corrected chi connectivity index (χ4v) is 2.91. The van der Waals surface area contributed by atoms with Gasteiger partial charge in [0.1, 0.15) is 37.5 Å². The number of esters is 2. The first kappa shape index (κ1) is 32.7. The molecule has 0 saturated heterocycles. The molecule has 1 atom stereocenters. The zero-order chi connectivity index (χ0) is 28.9. The van der Waals surface area contributed by atoms with Crippen LogP contribution in [0.4, 0.5) is 9.59 Å². The molecule has 2 amide bonds. The van der Waals surface area contributed by atoms with E-state index in [1.54, 1.807) is 48.5 Å². The second-order valence-corrected chi connectivity index (χ2v) is 10.7. The van der Waals surface area contributed by atoms with Gasteiger partial charge < -0.3 is 23.7 Å².